The van der Waals surface area contributed by atoms with Gasteiger partial charge in [0, 0.05) is 0 Å². The van der Waals surface area contributed by atoms with Crippen LogP contribution in [0.2, 0.25) is 0 Å². The quantitative estimate of drug-likeness (QED) is 0.320. The smallest absolute Gasteiger partial charge is 0.135 e. The molecule has 3 atom stereocenters. The Kier molecular flexibility index (Phi) is 1.52. The van der Waals surface area contributed by atoms with Gasteiger partial charge in [-0.05, 0) is 0 Å². The number of hydrogen-bond acceptors (Lipinski definition) is 5. The maximum Gasteiger partial charge on any atom is 0.135 e. The predicted molar refractivity (Wildman–Crippen MR) is 46.0 cm³/mol. The normalized spacial score (nSPS) is 41.2. The van der Waals surface area contributed by atoms with E-state index in [4.69, 9.17) is 18.0 Å². The number of nitrogens with two attached hydrogens (primary N) is 1. The van der Waals surface area contributed by atoms with Crippen molar-refractivity contribution >= 4 is 23.5 Å². The Morgan fingerprint density at radius 3 is 3.27 bits per heavy atom. The first kappa shape index (κ1) is 6.96. The van der Waals surface area contributed by atoms with Gasteiger partial charge in [0.05, 0.1) is 6.34 Å². The zero-order valence-corrected chi connectivity index (χ0v) is 6.56. The fourth-order valence-corrected chi connectivity index (χ4v) is 1.54. The lowest BCUT2D eigenvalue weighted by Gasteiger charge is -2.31. The summed E-state index contributed by atoms with van der Waals surface area (Å²) < 4.78 is 0. The minimum Gasteiger partial charge on any atom is -0.359 e. The summed E-state index contributed by atoms with van der Waals surface area (Å²) >= 11 is 5.04. The molecular formula is C5H9N5S. The second kappa shape index (κ2) is 2.40. The van der Waals surface area contributed by atoms with E-state index in [1.54, 1.807) is 6.34 Å². The third-order valence-corrected chi connectivity index (χ3v) is 2.09. The van der Waals surface area contributed by atoms with Crippen molar-refractivity contribution in [3.63, 3.8) is 0 Å². The van der Waals surface area contributed by atoms with Crippen molar-refractivity contribution in [3.05, 3.63) is 0 Å². The number of nitrogens with one attached hydrogen (secondary N) is 3. The van der Waals surface area contributed by atoms with Crippen molar-refractivity contribution in [1.82, 2.24) is 16.0 Å². The molecule has 2 rings (SSSR count). The highest BCUT2D eigenvalue weighted by Crippen LogP contribution is 2.06. The maximum atomic E-state index is 5.58. The second-order valence-electron chi connectivity index (χ2n) is 2.52. The molecule has 3 unspecified atom stereocenters. The first-order valence-corrected chi connectivity index (χ1v) is 3.78. The van der Waals surface area contributed by atoms with E-state index in [1.165, 1.54) is 0 Å². The van der Waals surface area contributed by atoms with Crippen LogP contribution in [0.1, 0.15) is 0 Å². The third-order valence-electron chi connectivity index (χ3n) is 1.73. The molecule has 60 valence electrons. The first-order valence-electron chi connectivity index (χ1n) is 3.37. The summed E-state index contributed by atoms with van der Waals surface area (Å²) in [6.45, 7) is 0. The Bertz CT molecular complexity index is 215. The molecule has 1 fully saturated rings. The zero-order chi connectivity index (χ0) is 7.84. The van der Waals surface area contributed by atoms with E-state index in [9.17, 15) is 0 Å². The minimum absolute atomic E-state index is 0.00444. The van der Waals surface area contributed by atoms with Crippen LogP contribution in [0.3, 0.4) is 0 Å². The van der Waals surface area contributed by atoms with Gasteiger partial charge in [-0.1, -0.05) is 12.2 Å². The summed E-state index contributed by atoms with van der Waals surface area (Å²) in [6, 6.07) is 0.00444. The minimum atomic E-state index is -0.266. The summed E-state index contributed by atoms with van der Waals surface area (Å²) in [7, 11) is 0. The summed E-state index contributed by atoms with van der Waals surface area (Å²) in [5, 5.41) is 8.96. The summed E-state index contributed by atoms with van der Waals surface area (Å²) in [6.07, 6.45) is 1.45. The summed E-state index contributed by atoms with van der Waals surface area (Å²) in [5.41, 5.74) is 5.58. The van der Waals surface area contributed by atoms with E-state index in [0.717, 1.165) is 0 Å². The molecule has 6 heteroatoms. The molecule has 2 aliphatic heterocycles. The largest absolute Gasteiger partial charge is 0.359 e. The molecule has 0 aromatic heterocycles. The van der Waals surface area contributed by atoms with Crippen molar-refractivity contribution in [1.29, 1.82) is 0 Å². The lowest BCUT2D eigenvalue weighted by Crippen LogP contribution is -2.67. The molecule has 11 heavy (non-hydrogen) atoms. The third kappa shape index (κ3) is 1.09. The molecule has 2 aliphatic rings. The molecule has 0 aromatic rings. The van der Waals surface area contributed by atoms with E-state index in [-0.39, 0.29) is 18.5 Å². The Labute approximate surface area is 69.4 Å². The molecule has 0 amide bonds. The fourth-order valence-electron chi connectivity index (χ4n) is 1.21. The average Bonchev–Trinajstić information content (AvgIpc) is 2.34. The van der Waals surface area contributed by atoms with Crippen LogP contribution in [0.4, 0.5) is 0 Å². The Morgan fingerprint density at radius 2 is 2.45 bits per heavy atom. The maximum absolute atomic E-state index is 5.58. The van der Waals surface area contributed by atoms with E-state index < -0.39 is 0 Å². The topological polar surface area (TPSA) is 74.5 Å². The second-order valence-corrected chi connectivity index (χ2v) is 2.96. The molecule has 1 saturated heterocycles. The van der Waals surface area contributed by atoms with Crippen LogP contribution in [0.5, 0.6) is 0 Å². The van der Waals surface area contributed by atoms with E-state index >= 15 is 0 Å². The van der Waals surface area contributed by atoms with Gasteiger partial charge < -0.3 is 10.6 Å². The van der Waals surface area contributed by atoms with Crippen molar-refractivity contribution in [3.8, 4) is 0 Å². The average molecular weight is 171 g/mol. The van der Waals surface area contributed by atoms with Gasteiger partial charge in [-0.3, -0.25) is 16.0 Å². The standard InChI is InChI=1S/C5H9N5S/c6-5-9-3-2(4(11)10-5)7-1-8-3/h1-3,5,9H,6H2,(H,7,8)(H,10,11). The number of nitrogens with zero attached hydrogens (tertiary/aromatic N) is 1. The molecule has 0 bridgehead atoms. The zero-order valence-electron chi connectivity index (χ0n) is 5.74. The van der Waals surface area contributed by atoms with Gasteiger partial charge >= 0.3 is 0 Å². The Balaban J connectivity index is 2.14. The number of fused-ring (bicyclic) bond motifs is 1. The van der Waals surface area contributed by atoms with E-state index in [2.05, 4.69) is 20.9 Å². The van der Waals surface area contributed by atoms with Crippen LogP contribution in [0.25, 0.3) is 0 Å². The highest BCUT2D eigenvalue weighted by molar-refractivity contribution is 7.80. The van der Waals surface area contributed by atoms with Crippen LogP contribution in [0.15, 0.2) is 4.99 Å². The van der Waals surface area contributed by atoms with Gasteiger partial charge in [-0.15, -0.1) is 0 Å². The van der Waals surface area contributed by atoms with Gasteiger partial charge in [-0.25, -0.2) is 0 Å². The fraction of sp³-hybridized carbons (Fsp3) is 0.600. The number of hydrogen-bond donors (Lipinski definition) is 4. The summed E-state index contributed by atoms with van der Waals surface area (Å²) in [4.78, 5) is 4.81. The number of rotatable bonds is 0. The van der Waals surface area contributed by atoms with Crippen molar-refractivity contribution < 1.29 is 0 Å². The molecule has 5 N–H and O–H groups in total. The van der Waals surface area contributed by atoms with E-state index in [1.807, 2.05) is 0 Å². The predicted octanol–water partition coefficient (Wildman–Crippen LogP) is -1.92. The highest BCUT2D eigenvalue weighted by Gasteiger charge is 2.33. The van der Waals surface area contributed by atoms with Crippen LogP contribution < -0.4 is 21.7 Å². The molecule has 0 saturated carbocycles. The molecule has 0 aromatic carbocycles. The van der Waals surface area contributed by atoms with Gasteiger partial charge in [0.2, 0.25) is 0 Å². The number of thiocarbonyl (C=S) groups is 1. The molecule has 0 spiro atoms. The monoisotopic (exact) mass is 171 g/mol. The van der Waals surface area contributed by atoms with Crippen LogP contribution in [0, 0.1) is 0 Å². The Hall–Kier alpha value is -0.720. The Morgan fingerprint density at radius 1 is 1.64 bits per heavy atom. The molecular weight excluding hydrogens is 162 g/mol. The lowest BCUT2D eigenvalue weighted by molar-refractivity contribution is 0.365. The van der Waals surface area contributed by atoms with E-state index in [0.29, 0.717) is 4.99 Å². The van der Waals surface area contributed by atoms with Crippen molar-refractivity contribution in [2.24, 2.45) is 10.7 Å². The van der Waals surface area contributed by atoms with Gasteiger partial charge in [0.1, 0.15) is 23.5 Å². The molecule has 5 nitrogen and oxygen atoms in total. The lowest BCUT2D eigenvalue weighted by atomic mass is 10.2. The molecule has 0 radical (unpaired) electrons. The van der Waals surface area contributed by atoms with Crippen molar-refractivity contribution in [2.75, 3.05) is 0 Å². The molecule has 0 aliphatic carbocycles. The number of aliphatic imine (C=N–C) groups is 1. The first-order chi connectivity index (χ1) is 5.27. The SMILES string of the molecule is NC1NC(=S)C2N=CNC2N1. The van der Waals surface area contributed by atoms with Crippen LogP contribution in [-0.2, 0) is 0 Å². The van der Waals surface area contributed by atoms with Crippen LogP contribution >= 0.6 is 12.2 Å². The van der Waals surface area contributed by atoms with Gasteiger partial charge in [-0.2, -0.15) is 0 Å². The van der Waals surface area contributed by atoms with Gasteiger partial charge in [0.15, 0.2) is 0 Å². The molecule has 2 heterocycles. The van der Waals surface area contributed by atoms with Gasteiger partial charge in [0.25, 0.3) is 0 Å². The van der Waals surface area contributed by atoms with Crippen molar-refractivity contribution in [2.45, 2.75) is 18.5 Å². The highest BCUT2D eigenvalue weighted by atomic mass is 32.1. The van der Waals surface area contributed by atoms with Crippen LogP contribution in [-0.4, -0.2) is 29.8 Å². The summed E-state index contributed by atoms with van der Waals surface area (Å²) in [5.74, 6) is 0.